The molecule has 0 aliphatic rings. The topological polar surface area (TPSA) is 67.4 Å². The van der Waals surface area contributed by atoms with Crippen LogP contribution in [-0.2, 0) is 9.53 Å². The Bertz CT molecular complexity index is 739. The molecule has 0 aromatic heterocycles. The minimum atomic E-state index is -0.332. The molecule has 132 valence electrons. The van der Waals surface area contributed by atoms with E-state index in [4.69, 9.17) is 4.74 Å². The highest BCUT2D eigenvalue weighted by atomic mass is 16.5. The molecular weight excluding hydrogens is 316 g/mol. The summed E-state index contributed by atoms with van der Waals surface area (Å²) in [7, 11) is 0. The molecule has 0 aliphatic heterocycles. The number of anilines is 2. The summed E-state index contributed by atoms with van der Waals surface area (Å²) in [5, 5.41) is 5.93. The number of esters is 1. The lowest BCUT2D eigenvalue weighted by molar-refractivity contribution is -0.114. The summed E-state index contributed by atoms with van der Waals surface area (Å²) >= 11 is 0. The van der Waals surface area contributed by atoms with Crippen molar-refractivity contribution in [3.8, 4) is 0 Å². The Labute approximate surface area is 148 Å². The van der Waals surface area contributed by atoms with E-state index < -0.39 is 0 Å². The number of ether oxygens (including phenoxy) is 1. The molecule has 1 amide bonds. The van der Waals surface area contributed by atoms with Crippen molar-refractivity contribution in [3.63, 3.8) is 0 Å². The molecule has 0 fully saturated rings. The van der Waals surface area contributed by atoms with Gasteiger partial charge in [0, 0.05) is 11.4 Å². The Kier molecular flexibility index (Phi) is 6.57. The van der Waals surface area contributed by atoms with Gasteiger partial charge in [0.25, 0.3) is 0 Å². The van der Waals surface area contributed by atoms with E-state index in [-0.39, 0.29) is 18.4 Å². The summed E-state index contributed by atoms with van der Waals surface area (Å²) < 4.78 is 5.08. The third kappa shape index (κ3) is 5.64. The molecule has 0 bridgehead atoms. The summed E-state index contributed by atoms with van der Waals surface area (Å²) in [5.41, 5.74) is 4.27. The van der Waals surface area contributed by atoms with E-state index in [1.807, 2.05) is 39.0 Å². The van der Waals surface area contributed by atoms with Gasteiger partial charge in [-0.2, -0.15) is 0 Å². The van der Waals surface area contributed by atoms with Crippen LogP contribution in [0.3, 0.4) is 0 Å². The quantitative estimate of drug-likeness (QED) is 0.750. The zero-order valence-corrected chi connectivity index (χ0v) is 14.9. The summed E-state index contributed by atoms with van der Waals surface area (Å²) in [5.74, 6) is -0.459. The standard InChI is InChI=1S/C20H24N2O3/c1-4-11-25-20(24)16-6-8-17(9-7-16)21-13-19(23)22-18-10-5-14(2)12-15(18)3/h5-10,12,21H,4,11,13H2,1-3H3,(H,22,23). The van der Waals surface area contributed by atoms with E-state index in [2.05, 4.69) is 10.6 Å². The second-order valence-corrected chi connectivity index (χ2v) is 5.93. The van der Waals surface area contributed by atoms with E-state index in [0.717, 1.165) is 28.9 Å². The van der Waals surface area contributed by atoms with Crippen molar-refractivity contribution < 1.29 is 14.3 Å². The van der Waals surface area contributed by atoms with E-state index >= 15 is 0 Å². The van der Waals surface area contributed by atoms with Gasteiger partial charge in [0.05, 0.1) is 18.7 Å². The molecule has 2 N–H and O–H groups in total. The first-order valence-corrected chi connectivity index (χ1v) is 8.37. The third-order valence-corrected chi connectivity index (χ3v) is 3.67. The van der Waals surface area contributed by atoms with Crippen LogP contribution in [0.2, 0.25) is 0 Å². The van der Waals surface area contributed by atoms with Crippen molar-refractivity contribution in [1.82, 2.24) is 0 Å². The number of hydrogen-bond acceptors (Lipinski definition) is 4. The predicted octanol–water partition coefficient (Wildman–Crippen LogP) is 3.92. The maximum atomic E-state index is 12.1. The van der Waals surface area contributed by atoms with E-state index in [1.165, 1.54) is 0 Å². The normalized spacial score (nSPS) is 10.2. The minimum absolute atomic E-state index is 0.126. The largest absolute Gasteiger partial charge is 0.462 e. The van der Waals surface area contributed by atoms with E-state index in [1.54, 1.807) is 24.3 Å². The molecular formula is C20H24N2O3. The molecule has 0 saturated carbocycles. The zero-order valence-electron chi connectivity index (χ0n) is 14.9. The number of carbonyl (C=O) groups is 2. The third-order valence-electron chi connectivity index (χ3n) is 3.67. The van der Waals surface area contributed by atoms with Gasteiger partial charge in [-0.1, -0.05) is 24.6 Å². The van der Waals surface area contributed by atoms with Crippen LogP contribution < -0.4 is 10.6 Å². The number of aryl methyl sites for hydroxylation is 2. The highest BCUT2D eigenvalue weighted by Gasteiger charge is 2.07. The molecule has 0 spiro atoms. The predicted molar refractivity (Wildman–Crippen MR) is 100 cm³/mol. The Hall–Kier alpha value is -2.82. The van der Waals surface area contributed by atoms with Crippen molar-refractivity contribution in [3.05, 3.63) is 59.2 Å². The fraction of sp³-hybridized carbons (Fsp3) is 0.300. The highest BCUT2D eigenvalue weighted by molar-refractivity contribution is 5.94. The van der Waals surface area contributed by atoms with Crippen LogP contribution in [0.1, 0.15) is 34.8 Å². The van der Waals surface area contributed by atoms with Gasteiger partial charge in [0.1, 0.15) is 0 Å². The lowest BCUT2D eigenvalue weighted by Crippen LogP contribution is -2.22. The van der Waals surface area contributed by atoms with Crippen molar-refractivity contribution in [2.45, 2.75) is 27.2 Å². The first-order valence-electron chi connectivity index (χ1n) is 8.37. The van der Waals surface area contributed by atoms with Gasteiger partial charge in [-0.15, -0.1) is 0 Å². The maximum Gasteiger partial charge on any atom is 0.338 e. The summed E-state index contributed by atoms with van der Waals surface area (Å²) in [6, 6.07) is 12.8. The van der Waals surface area contributed by atoms with Gasteiger partial charge in [0.2, 0.25) is 5.91 Å². The van der Waals surface area contributed by atoms with Gasteiger partial charge >= 0.3 is 5.97 Å². The second kappa shape index (κ2) is 8.87. The van der Waals surface area contributed by atoms with Gasteiger partial charge < -0.3 is 15.4 Å². The summed E-state index contributed by atoms with van der Waals surface area (Å²) in [6.07, 6.45) is 0.793. The van der Waals surface area contributed by atoms with Crippen molar-refractivity contribution >= 4 is 23.3 Å². The lowest BCUT2D eigenvalue weighted by Gasteiger charge is -2.11. The molecule has 0 saturated heterocycles. The fourth-order valence-corrected chi connectivity index (χ4v) is 2.33. The lowest BCUT2D eigenvalue weighted by atomic mass is 10.1. The van der Waals surface area contributed by atoms with Crippen LogP contribution in [0, 0.1) is 13.8 Å². The molecule has 0 heterocycles. The average Bonchev–Trinajstić information content (AvgIpc) is 2.60. The van der Waals surface area contributed by atoms with Crippen molar-refractivity contribution in [2.24, 2.45) is 0 Å². The molecule has 0 atom stereocenters. The van der Waals surface area contributed by atoms with Crippen LogP contribution in [0.4, 0.5) is 11.4 Å². The van der Waals surface area contributed by atoms with Crippen molar-refractivity contribution in [2.75, 3.05) is 23.8 Å². The second-order valence-electron chi connectivity index (χ2n) is 5.93. The van der Waals surface area contributed by atoms with E-state index in [9.17, 15) is 9.59 Å². The first kappa shape index (κ1) is 18.5. The molecule has 5 heteroatoms. The number of carbonyl (C=O) groups excluding carboxylic acids is 2. The molecule has 2 aromatic carbocycles. The Morgan fingerprint density at radius 1 is 1.04 bits per heavy atom. The summed E-state index contributed by atoms with van der Waals surface area (Å²) in [4.78, 5) is 23.8. The first-order chi connectivity index (χ1) is 12.0. The number of nitrogens with one attached hydrogen (secondary N) is 2. The zero-order chi connectivity index (χ0) is 18.2. The Morgan fingerprint density at radius 3 is 2.40 bits per heavy atom. The Morgan fingerprint density at radius 2 is 1.76 bits per heavy atom. The number of benzene rings is 2. The van der Waals surface area contributed by atoms with Gasteiger partial charge in [0.15, 0.2) is 0 Å². The van der Waals surface area contributed by atoms with Crippen LogP contribution in [0.15, 0.2) is 42.5 Å². The highest BCUT2D eigenvalue weighted by Crippen LogP contribution is 2.16. The van der Waals surface area contributed by atoms with Gasteiger partial charge in [-0.25, -0.2) is 4.79 Å². The van der Waals surface area contributed by atoms with Crippen LogP contribution in [0.25, 0.3) is 0 Å². The molecule has 25 heavy (non-hydrogen) atoms. The molecule has 0 radical (unpaired) electrons. The van der Waals surface area contributed by atoms with Crippen molar-refractivity contribution in [1.29, 1.82) is 0 Å². The molecule has 2 aromatic rings. The van der Waals surface area contributed by atoms with Crippen LogP contribution in [0.5, 0.6) is 0 Å². The molecule has 2 rings (SSSR count). The molecule has 0 unspecified atom stereocenters. The molecule has 5 nitrogen and oxygen atoms in total. The monoisotopic (exact) mass is 340 g/mol. The van der Waals surface area contributed by atoms with Crippen LogP contribution in [-0.4, -0.2) is 25.0 Å². The minimum Gasteiger partial charge on any atom is -0.462 e. The summed E-state index contributed by atoms with van der Waals surface area (Å²) in [6.45, 7) is 6.49. The molecule has 0 aliphatic carbocycles. The SMILES string of the molecule is CCCOC(=O)c1ccc(NCC(=O)Nc2ccc(C)cc2C)cc1. The average molecular weight is 340 g/mol. The number of hydrogen-bond donors (Lipinski definition) is 2. The van der Waals surface area contributed by atoms with Gasteiger partial charge in [-0.3, -0.25) is 4.79 Å². The van der Waals surface area contributed by atoms with E-state index in [0.29, 0.717) is 12.2 Å². The number of rotatable bonds is 7. The van der Waals surface area contributed by atoms with Crippen LogP contribution >= 0.6 is 0 Å². The fourth-order valence-electron chi connectivity index (χ4n) is 2.33. The maximum absolute atomic E-state index is 12.1. The smallest absolute Gasteiger partial charge is 0.338 e. The Balaban J connectivity index is 1.86. The van der Waals surface area contributed by atoms with Gasteiger partial charge in [-0.05, 0) is 56.2 Å². The number of amides is 1.